The van der Waals surface area contributed by atoms with E-state index >= 15 is 0 Å². The van der Waals surface area contributed by atoms with Crippen molar-refractivity contribution < 1.29 is 4.79 Å². The van der Waals surface area contributed by atoms with Gasteiger partial charge in [-0.2, -0.15) is 0 Å². The third-order valence-electron chi connectivity index (χ3n) is 1.60. The minimum absolute atomic E-state index is 0.197. The van der Waals surface area contributed by atoms with E-state index in [9.17, 15) is 4.79 Å². The van der Waals surface area contributed by atoms with Gasteiger partial charge in [-0.05, 0) is 23.2 Å². The summed E-state index contributed by atoms with van der Waals surface area (Å²) in [6, 6.07) is 4.38. The molecule has 8 heteroatoms. The van der Waals surface area contributed by atoms with E-state index in [2.05, 4.69) is 25.4 Å². The Morgan fingerprint density at radius 2 is 2.00 bits per heavy atom. The van der Waals surface area contributed by atoms with Crippen LogP contribution in [0.4, 0.5) is 17.1 Å². The summed E-state index contributed by atoms with van der Waals surface area (Å²) < 4.78 is 0. The molecule has 0 radical (unpaired) electrons. The van der Waals surface area contributed by atoms with Crippen molar-refractivity contribution in [3.63, 3.8) is 0 Å². The summed E-state index contributed by atoms with van der Waals surface area (Å²) in [6.07, 6.45) is 0. The fourth-order valence-corrected chi connectivity index (χ4v) is 1.06. The summed E-state index contributed by atoms with van der Waals surface area (Å²) in [4.78, 5) is 16.1. The fraction of sp³-hybridized carbons (Fsp3) is 0.125. The standard InChI is InChI=1S/C8H7N7O/c1-5(16)11-7-3-2-6(12-14-9)4-8(7)13-15-10/h2-4H,1H3,(H,11,16). The molecule has 0 spiro atoms. The van der Waals surface area contributed by atoms with E-state index in [4.69, 9.17) is 11.1 Å². The Balaban J connectivity index is 3.23. The molecule has 1 amide bonds. The van der Waals surface area contributed by atoms with E-state index in [-0.39, 0.29) is 11.6 Å². The van der Waals surface area contributed by atoms with Crippen LogP contribution < -0.4 is 5.32 Å². The van der Waals surface area contributed by atoms with Crippen LogP contribution in [-0.4, -0.2) is 5.91 Å². The number of benzene rings is 1. The highest BCUT2D eigenvalue weighted by molar-refractivity contribution is 5.92. The Morgan fingerprint density at radius 1 is 1.31 bits per heavy atom. The molecule has 8 nitrogen and oxygen atoms in total. The van der Waals surface area contributed by atoms with Crippen LogP contribution in [0.1, 0.15) is 6.92 Å². The van der Waals surface area contributed by atoms with Gasteiger partial charge in [0.25, 0.3) is 0 Å². The van der Waals surface area contributed by atoms with Gasteiger partial charge in [0.2, 0.25) is 5.91 Å². The number of amides is 1. The maximum absolute atomic E-state index is 10.9. The Kier molecular flexibility index (Phi) is 3.74. The molecule has 1 rings (SSSR count). The molecule has 0 saturated carbocycles. The molecule has 0 saturated heterocycles. The number of carbonyl (C=O) groups is 1. The predicted molar refractivity (Wildman–Crippen MR) is 58.4 cm³/mol. The van der Waals surface area contributed by atoms with Crippen molar-refractivity contribution in [3.8, 4) is 0 Å². The van der Waals surface area contributed by atoms with Crippen molar-refractivity contribution in [1.29, 1.82) is 0 Å². The molecule has 1 N–H and O–H groups in total. The molecule has 16 heavy (non-hydrogen) atoms. The highest BCUT2D eigenvalue weighted by Gasteiger charge is 2.03. The molecule has 0 aromatic heterocycles. The second-order valence-electron chi connectivity index (χ2n) is 2.76. The molecule has 0 fully saturated rings. The summed E-state index contributed by atoms with van der Waals surface area (Å²) in [5.41, 5.74) is 17.4. The molecule has 80 valence electrons. The van der Waals surface area contributed by atoms with Gasteiger partial charge in [-0.15, -0.1) is 0 Å². The summed E-state index contributed by atoms with van der Waals surface area (Å²) in [5, 5.41) is 9.23. The van der Waals surface area contributed by atoms with Crippen LogP contribution in [0.5, 0.6) is 0 Å². The molecule has 1 aromatic carbocycles. The average molecular weight is 217 g/mol. The lowest BCUT2D eigenvalue weighted by molar-refractivity contribution is -0.114. The Hall–Kier alpha value is -2.69. The number of azide groups is 2. The van der Waals surface area contributed by atoms with Gasteiger partial charge < -0.3 is 5.32 Å². The Morgan fingerprint density at radius 3 is 2.56 bits per heavy atom. The van der Waals surface area contributed by atoms with E-state index in [1.165, 1.54) is 25.1 Å². The van der Waals surface area contributed by atoms with E-state index in [0.717, 1.165) is 0 Å². The second-order valence-corrected chi connectivity index (χ2v) is 2.76. The molecule has 0 atom stereocenters. The molecule has 0 aliphatic rings. The molecule has 0 heterocycles. The molecule has 0 aliphatic carbocycles. The summed E-state index contributed by atoms with van der Waals surface area (Å²) in [6.45, 7) is 1.33. The van der Waals surface area contributed by atoms with Crippen molar-refractivity contribution in [3.05, 3.63) is 39.1 Å². The first-order chi connectivity index (χ1) is 7.67. The van der Waals surface area contributed by atoms with Gasteiger partial charge in [-0.25, -0.2) is 0 Å². The van der Waals surface area contributed by atoms with Crippen LogP contribution >= 0.6 is 0 Å². The first-order valence-electron chi connectivity index (χ1n) is 4.19. The van der Waals surface area contributed by atoms with Crippen LogP contribution in [-0.2, 0) is 4.79 Å². The topological polar surface area (TPSA) is 127 Å². The molecular weight excluding hydrogens is 210 g/mol. The molecule has 0 aliphatic heterocycles. The van der Waals surface area contributed by atoms with Crippen LogP contribution in [0.25, 0.3) is 20.9 Å². The number of nitrogens with zero attached hydrogens (tertiary/aromatic N) is 6. The average Bonchev–Trinajstić information content (AvgIpc) is 2.22. The minimum Gasteiger partial charge on any atom is -0.326 e. The van der Waals surface area contributed by atoms with Crippen LogP contribution in [0.2, 0.25) is 0 Å². The summed E-state index contributed by atoms with van der Waals surface area (Å²) in [7, 11) is 0. The lowest BCUT2D eigenvalue weighted by Crippen LogP contribution is -2.05. The number of anilines is 1. The van der Waals surface area contributed by atoms with Gasteiger partial charge in [-0.1, -0.05) is 16.3 Å². The normalized spacial score (nSPS) is 8.56. The minimum atomic E-state index is -0.286. The third kappa shape index (κ3) is 2.91. The van der Waals surface area contributed by atoms with Crippen molar-refractivity contribution >= 4 is 23.0 Å². The van der Waals surface area contributed by atoms with Crippen LogP contribution in [0.15, 0.2) is 28.4 Å². The van der Waals surface area contributed by atoms with E-state index in [0.29, 0.717) is 11.4 Å². The quantitative estimate of drug-likeness (QED) is 0.463. The molecular formula is C8H7N7O. The largest absolute Gasteiger partial charge is 0.326 e. The lowest BCUT2D eigenvalue weighted by atomic mass is 10.2. The monoisotopic (exact) mass is 217 g/mol. The zero-order chi connectivity index (χ0) is 12.0. The number of nitrogens with one attached hydrogen (secondary N) is 1. The van der Waals surface area contributed by atoms with E-state index in [1.54, 1.807) is 0 Å². The van der Waals surface area contributed by atoms with Gasteiger partial charge >= 0.3 is 0 Å². The summed E-state index contributed by atoms with van der Waals surface area (Å²) >= 11 is 0. The number of hydrogen-bond acceptors (Lipinski definition) is 3. The Labute approximate surface area is 90.1 Å². The van der Waals surface area contributed by atoms with Crippen molar-refractivity contribution in [2.45, 2.75) is 6.92 Å². The number of rotatable bonds is 3. The third-order valence-corrected chi connectivity index (χ3v) is 1.60. The molecule has 0 unspecified atom stereocenters. The second kappa shape index (κ2) is 5.26. The van der Waals surface area contributed by atoms with E-state index < -0.39 is 0 Å². The SMILES string of the molecule is CC(=O)Nc1ccc(N=[N+]=[N-])cc1N=[N+]=[N-]. The van der Waals surface area contributed by atoms with Crippen LogP contribution in [0.3, 0.4) is 0 Å². The maximum Gasteiger partial charge on any atom is 0.221 e. The van der Waals surface area contributed by atoms with Gasteiger partial charge in [0.1, 0.15) is 0 Å². The molecule has 0 bridgehead atoms. The predicted octanol–water partition coefficient (Wildman–Crippen LogP) is 3.53. The van der Waals surface area contributed by atoms with Gasteiger partial charge in [0, 0.05) is 22.4 Å². The number of carbonyl (C=O) groups excluding carboxylic acids is 1. The zero-order valence-corrected chi connectivity index (χ0v) is 8.32. The highest BCUT2D eigenvalue weighted by atomic mass is 16.1. The van der Waals surface area contributed by atoms with Gasteiger partial charge in [0.05, 0.1) is 11.4 Å². The van der Waals surface area contributed by atoms with Crippen molar-refractivity contribution in [1.82, 2.24) is 0 Å². The fourth-order valence-electron chi connectivity index (χ4n) is 1.06. The van der Waals surface area contributed by atoms with Crippen LogP contribution in [0, 0.1) is 0 Å². The summed E-state index contributed by atoms with van der Waals surface area (Å²) in [5.74, 6) is -0.286. The maximum atomic E-state index is 10.9. The van der Waals surface area contributed by atoms with Gasteiger partial charge in [0.15, 0.2) is 0 Å². The first-order valence-corrected chi connectivity index (χ1v) is 4.19. The highest BCUT2D eigenvalue weighted by Crippen LogP contribution is 2.30. The van der Waals surface area contributed by atoms with Gasteiger partial charge in [-0.3, -0.25) is 4.79 Å². The smallest absolute Gasteiger partial charge is 0.221 e. The zero-order valence-electron chi connectivity index (χ0n) is 8.32. The lowest BCUT2D eigenvalue weighted by Gasteiger charge is -2.05. The van der Waals surface area contributed by atoms with Crippen molar-refractivity contribution in [2.24, 2.45) is 10.2 Å². The number of hydrogen-bond donors (Lipinski definition) is 1. The van der Waals surface area contributed by atoms with Crippen molar-refractivity contribution in [2.75, 3.05) is 5.32 Å². The molecule has 1 aromatic rings. The Bertz CT molecular complexity index is 511. The van der Waals surface area contributed by atoms with E-state index in [1.807, 2.05) is 0 Å². The first kappa shape index (κ1) is 11.4.